The van der Waals surface area contributed by atoms with Crippen molar-refractivity contribution in [3.05, 3.63) is 29.8 Å². The van der Waals surface area contributed by atoms with Crippen molar-refractivity contribution in [3.63, 3.8) is 0 Å². The monoisotopic (exact) mass is 235 g/mol. The van der Waals surface area contributed by atoms with E-state index in [-0.39, 0.29) is 6.04 Å². The van der Waals surface area contributed by atoms with E-state index in [9.17, 15) is 5.11 Å². The fraction of sp³-hybridized carbons (Fsp3) is 0.571. The number of piperidine rings is 1. The molecule has 0 aliphatic carbocycles. The van der Waals surface area contributed by atoms with Crippen LogP contribution < -0.4 is 10.1 Å². The Morgan fingerprint density at radius 2 is 2.00 bits per heavy atom. The van der Waals surface area contributed by atoms with Gasteiger partial charge in [-0.15, -0.1) is 0 Å². The van der Waals surface area contributed by atoms with Crippen molar-refractivity contribution in [2.75, 3.05) is 7.11 Å². The molecule has 1 aliphatic heterocycles. The molecule has 0 amide bonds. The maximum Gasteiger partial charge on any atom is 0.118 e. The summed E-state index contributed by atoms with van der Waals surface area (Å²) in [5, 5.41) is 13.8. The van der Waals surface area contributed by atoms with E-state index in [1.807, 2.05) is 24.3 Å². The SMILES string of the molecule is COc1ccc(C(O)C2CCCC(C)N2)cc1. The number of nitrogens with one attached hydrogen (secondary N) is 1. The minimum Gasteiger partial charge on any atom is -0.497 e. The van der Waals surface area contributed by atoms with Crippen molar-refractivity contribution in [3.8, 4) is 5.75 Å². The van der Waals surface area contributed by atoms with Gasteiger partial charge in [0, 0.05) is 12.1 Å². The van der Waals surface area contributed by atoms with Crippen LogP contribution in [0.3, 0.4) is 0 Å². The molecule has 1 fully saturated rings. The van der Waals surface area contributed by atoms with Gasteiger partial charge in [0.15, 0.2) is 0 Å². The van der Waals surface area contributed by atoms with E-state index in [0.717, 1.165) is 17.7 Å². The first-order valence-electron chi connectivity index (χ1n) is 6.29. The van der Waals surface area contributed by atoms with Gasteiger partial charge in [-0.05, 0) is 37.5 Å². The molecule has 3 unspecified atom stereocenters. The van der Waals surface area contributed by atoms with Crippen LogP contribution in [0.15, 0.2) is 24.3 Å². The molecule has 3 heteroatoms. The molecule has 0 bridgehead atoms. The summed E-state index contributed by atoms with van der Waals surface area (Å²) in [6.45, 7) is 2.17. The minimum atomic E-state index is -0.427. The molecule has 0 aromatic heterocycles. The predicted octanol–water partition coefficient (Wildman–Crippen LogP) is 2.26. The number of aliphatic hydroxyl groups excluding tert-OH is 1. The molecular formula is C14H21NO2. The Morgan fingerprint density at radius 3 is 2.59 bits per heavy atom. The fourth-order valence-corrected chi connectivity index (χ4v) is 2.46. The Balaban J connectivity index is 2.04. The Hall–Kier alpha value is -1.06. The molecule has 1 aliphatic rings. The summed E-state index contributed by atoms with van der Waals surface area (Å²) in [4.78, 5) is 0. The molecular weight excluding hydrogens is 214 g/mol. The summed E-state index contributed by atoms with van der Waals surface area (Å²) < 4.78 is 5.11. The van der Waals surface area contributed by atoms with Gasteiger partial charge >= 0.3 is 0 Å². The molecule has 17 heavy (non-hydrogen) atoms. The number of ether oxygens (including phenoxy) is 1. The van der Waals surface area contributed by atoms with Gasteiger partial charge < -0.3 is 15.2 Å². The Bertz CT molecular complexity index is 350. The zero-order chi connectivity index (χ0) is 12.3. The summed E-state index contributed by atoms with van der Waals surface area (Å²) >= 11 is 0. The van der Waals surface area contributed by atoms with E-state index in [1.54, 1.807) is 7.11 Å². The van der Waals surface area contributed by atoms with Gasteiger partial charge in [0.05, 0.1) is 13.2 Å². The minimum absolute atomic E-state index is 0.173. The quantitative estimate of drug-likeness (QED) is 0.844. The van der Waals surface area contributed by atoms with Gasteiger partial charge in [0.25, 0.3) is 0 Å². The second-order valence-corrected chi connectivity index (χ2v) is 4.82. The van der Waals surface area contributed by atoms with Gasteiger partial charge in [0.2, 0.25) is 0 Å². The van der Waals surface area contributed by atoms with Gasteiger partial charge in [-0.3, -0.25) is 0 Å². The maximum absolute atomic E-state index is 10.3. The highest BCUT2D eigenvalue weighted by Gasteiger charge is 2.25. The van der Waals surface area contributed by atoms with Crippen molar-refractivity contribution >= 4 is 0 Å². The van der Waals surface area contributed by atoms with E-state index < -0.39 is 6.10 Å². The van der Waals surface area contributed by atoms with Gasteiger partial charge in [-0.2, -0.15) is 0 Å². The molecule has 3 nitrogen and oxygen atoms in total. The lowest BCUT2D eigenvalue weighted by molar-refractivity contribution is 0.103. The second kappa shape index (κ2) is 5.52. The smallest absolute Gasteiger partial charge is 0.118 e. The van der Waals surface area contributed by atoms with Crippen LogP contribution in [0, 0.1) is 0 Å². The normalized spacial score (nSPS) is 26.5. The molecule has 0 radical (unpaired) electrons. The van der Waals surface area contributed by atoms with Crippen LogP contribution >= 0.6 is 0 Å². The average Bonchev–Trinajstić information content (AvgIpc) is 2.38. The number of hydrogen-bond acceptors (Lipinski definition) is 3. The molecule has 2 rings (SSSR count). The van der Waals surface area contributed by atoms with Crippen molar-refractivity contribution in [1.82, 2.24) is 5.32 Å². The van der Waals surface area contributed by atoms with Crippen LogP contribution in [0.25, 0.3) is 0 Å². The third-order valence-electron chi connectivity index (χ3n) is 3.49. The van der Waals surface area contributed by atoms with E-state index in [4.69, 9.17) is 4.74 Å². The van der Waals surface area contributed by atoms with Crippen molar-refractivity contribution in [2.45, 2.75) is 44.4 Å². The standard InChI is InChI=1S/C14H21NO2/c1-10-4-3-5-13(15-10)14(16)11-6-8-12(17-2)9-7-11/h6-10,13-16H,3-5H2,1-2H3. The van der Waals surface area contributed by atoms with Gasteiger partial charge in [-0.1, -0.05) is 18.6 Å². The third-order valence-corrected chi connectivity index (χ3v) is 3.49. The average molecular weight is 235 g/mol. The highest BCUT2D eigenvalue weighted by molar-refractivity contribution is 5.29. The Labute approximate surface area is 103 Å². The lowest BCUT2D eigenvalue weighted by atomic mass is 9.92. The highest BCUT2D eigenvalue weighted by Crippen LogP contribution is 2.25. The van der Waals surface area contributed by atoms with E-state index >= 15 is 0 Å². The predicted molar refractivity (Wildman–Crippen MR) is 68.2 cm³/mol. The van der Waals surface area contributed by atoms with E-state index in [1.165, 1.54) is 12.8 Å². The molecule has 0 spiro atoms. The third kappa shape index (κ3) is 2.99. The van der Waals surface area contributed by atoms with Crippen LogP contribution in [-0.2, 0) is 0 Å². The lowest BCUT2D eigenvalue weighted by Crippen LogP contribution is -2.44. The first-order valence-corrected chi connectivity index (χ1v) is 6.29. The Kier molecular flexibility index (Phi) is 4.02. The topological polar surface area (TPSA) is 41.5 Å². The lowest BCUT2D eigenvalue weighted by Gasteiger charge is -2.32. The van der Waals surface area contributed by atoms with Crippen molar-refractivity contribution in [1.29, 1.82) is 0 Å². The highest BCUT2D eigenvalue weighted by atomic mass is 16.5. The zero-order valence-corrected chi connectivity index (χ0v) is 10.5. The number of rotatable bonds is 3. The summed E-state index contributed by atoms with van der Waals surface area (Å²) in [6, 6.07) is 8.33. The molecule has 1 aromatic carbocycles. The molecule has 1 saturated heterocycles. The molecule has 94 valence electrons. The van der Waals surface area contributed by atoms with E-state index in [2.05, 4.69) is 12.2 Å². The van der Waals surface area contributed by atoms with Crippen LogP contribution in [-0.4, -0.2) is 24.3 Å². The van der Waals surface area contributed by atoms with Crippen LogP contribution in [0.1, 0.15) is 37.9 Å². The largest absolute Gasteiger partial charge is 0.497 e. The molecule has 2 N–H and O–H groups in total. The number of aliphatic hydroxyl groups is 1. The molecule has 0 saturated carbocycles. The zero-order valence-electron chi connectivity index (χ0n) is 10.5. The summed E-state index contributed by atoms with van der Waals surface area (Å²) in [6.07, 6.45) is 3.00. The Morgan fingerprint density at radius 1 is 1.29 bits per heavy atom. The van der Waals surface area contributed by atoms with Crippen LogP contribution in [0.2, 0.25) is 0 Å². The van der Waals surface area contributed by atoms with E-state index in [0.29, 0.717) is 6.04 Å². The van der Waals surface area contributed by atoms with Crippen molar-refractivity contribution < 1.29 is 9.84 Å². The number of methoxy groups -OCH3 is 1. The summed E-state index contributed by atoms with van der Waals surface area (Å²) in [5.41, 5.74) is 0.956. The van der Waals surface area contributed by atoms with Gasteiger partial charge in [0.1, 0.15) is 5.75 Å². The van der Waals surface area contributed by atoms with Crippen molar-refractivity contribution in [2.24, 2.45) is 0 Å². The van der Waals surface area contributed by atoms with Crippen LogP contribution in [0.4, 0.5) is 0 Å². The number of hydrogen-bond donors (Lipinski definition) is 2. The summed E-state index contributed by atoms with van der Waals surface area (Å²) in [5.74, 6) is 0.825. The van der Waals surface area contributed by atoms with Gasteiger partial charge in [-0.25, -0.2) is 0 Å². The maximum atomic E-state index is 10.3. The second-order valence-electron chi connectivity index (χ2n) is 4.82. The molecule has 1 heterocycles. The summed E-state index contributed by atoms with van der Waals surface area (Å²) in [7, 11) is 1.65. The molecule has 3 atom stereocenters. The number of benzene rings is 1. The van der Waals surface area contributed by atoms with Crippen LogP contribution in [0.5, 0.6) is 5.75 Å². The first-order chi connectivity index (χ1) is 8.20. The first kappa shape index (κ1) is 12.4. The fourth-order valence-electron chi connectivity index (χ4n) is 2.46. The molecule has 1 aromatic rings.